The van der Waals surface area contributed by atoms with Crippen LogP contribution in [0.3, 0.4) is 0 Å². The largest absolute Gasteiger partial charge is 0.462 e. The van der Waals surface area contributed by atoms with E-state index < -0.39 is 6.10 Å². The lowest BCUT2D eigenvalue weighted by molar-refractivity contribution is -0.161. The van der Waals surface area contributed by atoms with E-state index in [1.165, 1.54) is 103 Å². The Morgan fingerprint density at radius 1 is 0.511 bits per heavy atom. The predicted octanol–water partition coefficient (Wildman–Crippen LogP) is 11.7. The topological polar surface area (TPSA) is 72.8 Å². The summed E-state index contributed by atoms with van der Waals surface area (Å²) >= 11 is 0. The first-order valence-electron chi connectivity index (χ1n) is 19.0. The SMILES string of the molecule is CCCCCCC/C=C\C/C=C\C/C=C\CCCCCCCCC(=O)OC(CO)COC(=O)CCCCCCCCCCCC. The van der Waals surface area contributed by atoms with Crippen LogP contribution in [0.4, 0.5) is 0 Å². The van der Waals surface area contributed by atoms with E-state index in [0.29, 0.717) is 12.8 Å². The summed E-state index contributed by atoms with van der Waals surface area (Å²) in [5.74, 6) is -0.605. The van der Waals surface area contributed by atoms with Crippen LogP contribution in [0.25, 0.3) is 0 Å². The summed E-state index contributed by atoms with van der Waals surface area (Å²) in [7, 11) is 0. The zero-order chi connectivity index (χ0) is 32.9. The Morgan fingerprint density at radius 2 is 0.889 bits per heavy atom. The van der Waals surface area contributed by atoms with E-state index in [2.05, 4.69) is 50.3 Å². The van der Waals surface area contributed by atoms with Gasteiger partial charge in [0.15, 0.2) is 6.10 Å². The van der Waals surface area contributed by atoms with E-state index in [1.54, 1.807) is 0 Å². The number of ether oxygens (including phenoxy) is 2. The average Bonchev–Trinajstić information content (AvgIpc) is 3.04. The number of aliphatic hydroxyl groups excluding tert-OH is 1. The molecule has 0 spiro atoms. The molecule has 0 radical (unpaired) electrons. The number of unbranched alkanes of at least 4 members (excludes halogenated alkanes) is 20. The summed E-state index contributed by atoms with van der Waals surface area (Å²) in [5, 5.41) is 9.52. The fourth-order valence-corrected chi connectivity index (χ4v) is 5.27. The van der Waals surface area contributed by atoms with E-state index in [-0.39, 0.29) is 25.2 Å². The van der Waals surface area contributed by atoms with Crippen molar-refractivity contribution in [2.75, 3.05) is 13.2 Å². The molecule has 0 aliphatic carbocycles. The Bertz CT molecular complexity index is 726. The highest BCUT2D eigenvalue weighted by atomic mass is 16.6. The van der Waals surface area contributed by atoms with E-state index in [0.717, 1.165) is 57.8 Å². The Labute approximate surface area is 278 Å². The number of rotatable bonds is 34. The molecule has 0 aromatic carbocycles. The first-order valence-corrected chi connectivity index (χ1v) is 19.0. The summed E-state index contributed by atoms with van der Waals surface area (Å²) < 4.78 is 10.6. The molecule has 0 heterocycles. The van der Waals surface area contributed by atoms with Crippen LogP contribution in [0.15, 0.2) is 36.5 Å². The molecule has 45 heavy (non-hydrogen) atoms. The van der Waals surface area contributed by atoms with Gasteiger partial charge < -0.3 is 14.6 Å². The third-order valence-corrected chi connectivity index (χ3v) is 8.19. The van der Waals surface area contributed by atoms with Gasteiger partial charge in [-0.1, -0.05) is 159 Å². The number of hydrogen-bond donors (Lipinski definition) is 1. The Kier molecular flexibility index (Phi) is 35.1. The number of carbonyl (C=O) groups excluding carboxylic acids is 2. The van der Waals surface area contributed by atoms with Crippen molar-refractivity contribution in [3.63, 3.8) is 0 Å². The second-order valence-electron chi connectivity index (χ2n) is 12.7. The molecule has 0 amide bonds. The van der Waals surface area contributed by atoms with Gasteiger partial charge in [-0.3, -0.25) is 9.59 Å². The standard InChI is InChI=1S/C40H72O5/c1-3-5-7-9-11-13-15-16-17-18-19-20-21-22-23-24-25-27-29-31-33-35-40(43)45-38(36-41)37-44-39(42)34-32-30-28-26-14-12-10-8-6-4-2/h15-16,18-19,21-22,38,41H,3-14,17,20,23-37H2,1-2H3/b16-15-,19-18-,22-21-. The molecule has 0 aliphatic heterocycles. The van der Waals surface area contributed by atoms with Crippen molar-refractivity contribution >= 4 is 11.9 Å². The van der Waals surface area contributed by atoms with Crippen LogP contribution in [0.1, 0.15) is 187 Å². The number of esters is 2. The highest BCUT2D eigenvalue weighted by molar-refractivity contribution is 5.70. The molecule has 0 fully saturated rings. The van der Waals surface area contributed by atoms with Crippen LogP contribution in [0.2, 0.25) is 0 Å². The molecule has 0 aliphatic rings. The van der Waals surface area contributed by atoms with Gasteiger partial charge in [-0.25, -0.2) is 0 Å². The Balaban J connectivity index is 3.59. The number of hydrogen-bond acceptors (Lipinski definition) is 5. The third kappa shape index (κ3) is 34.8. The van der Waals surface area contributed by atoms with Gasteiger partial charge in [0.2, 0.25) is 0 Å². The van der Waals surface area contributed by atoms with Gasteiger partial charge in [-0.05, 0) is 51.4 Å². The lowest BCUT2D eigenvalue weighted by Crippen LogP contribution is -2.28. The summed E-state index contributed by atoms with van der Waals surface area (Å²) in [6, 6.07) is 0. The van der Waals surface area contributed by atoms with Gasteiger partial charge >= 0.3 is 11.9 Å². The van der Waals surface area contributed by atoms with Crippen LogP contribution >= 0.6 is 0 Å². The molecule has 5 heteroatoms. The van der Waals surface area contributed by atoms with Crippen molar-refractivity contribution in [1.82, 2.24) is 0 Å². The first kappa shape index (κ1) is 43.1. The lowest BCUT2D eigenvalue weighted by atomic mass is 10.1. The second-order valence-corrected chi connectivity index (χ2v) is 12.7. The van der Waals surface area contributed by atoms with E-state index in [9.17, 15) is 14.7 Å². The zero-order valence-electron chi connectivity index (χ0n) is 29.6. The number of allylic oxidation sites excluding steroid dienone is 6. The maximum atomic E-state index is 12.1. The van der Waals surface area contributed by atoms with Crippen molar-refractivity contribution in [2.24, 2.45) is 0 Å². The molecule has 262 valence electrons. The van der Waals surface area contributed by atoms with E-state index >= 15 is 0 Å². The van der Waals surface area contributed by atoms with Gasteiger partial charge in [-0.15, -0.1) is 0 Å². The lowest BCUT2D eigenvalue weighted by Gasteiger charge is -2.15. The van der Waals surface area contributed by atoms with Crippen LogP contribution in [-0.4, -0.2) is 36.4 Å². The first-order chi connectivity index (χ1) is 22.1. The van der Waals surface area contributed by atoms with E-state index in [1.807, 2.05) is 0 Å². The zero-order valence-corrected chi connectivity index (χ0v) is 29.6. The molecule has 5 nitrogen and oxygen atoms in total. The quantitative estimate of drug-likeness (QED) is 0.0434. The van der Waals surface area contributed by atoms with Crippen LogP contribution in [0, 0.1) is 0 Å². The monoisotopic (exact) mass is 633 g/mol. The van der Waals surface area contributed by atoms with Crippen molar-refractivity contribution in [3.05, 3.63) is 36.5 Å². The smallest absolute Gasteiger partial charge is 0.306 e. The van der Waals surface area contributed by atoms with Gasteiger partial charge in [0, 0.05) is 12.8 Å². The summed E-state index contributed by atoms with van der Waals surface area (Å²) in [5.41, 5.74) is 0. The van der Waals surface area contributed by atoms with Gasteiger partial charge in [0.25, 0.3) is 0 Å². The minimum absolute atomic E-state index is 0.0692. The van der Waals surface area contributed by atoms with Crippen LogP contribution in [0.5, 0.6) is 0 Å². The predicted molar refractivity (Wildman–Crippen MR) is 191 cm³/mol. The normalized spacial score (nSPS) is 12.5. The molecule has 0 aromatic heterocycles. The maximum absolute atomic E-state index is 12.1. The highest BCUT2D eigenvalue weighted by Gasteiger charge is 2.16. The minimum Gasteiger partial charge on any atom is -0.462 e. The maximum Gasteiger partial charge on any atom is 0.306 e. The van der Waals surface area contributed by atoms with Crippen molar-refractivity contribution in [3.8, 4) is 0 Å². The fraction of sp³-hybridized carbons (Fsp3) is 0.800. The highest BCUT2D eigenvalue weighted by Crippen LogP contribution is 2.13. The Hall–Kier alpha value is -1.88. The molecule has 1 unspecified atom stereocenters. The van der Waals surface area contributed by atoms with Gasteiger partial charge in [0.05, 0.1) is 6.61 Å². The van der Waals surface area contributed by atoms with Crippen molar-refractivity contribution in [2.45, 2.75) is 193 Å². The van der Waals surface area contributed by atoms with Crippen LogP contribution in [-0.2, 0) is 19.1 Å². The number of carbonyl (C=O) groups is 2. The minimum atomic E-state index is -0.774. The molecule has 0 saturated carbocycles. The molecular weight excluding hydrogens is 560 g/mol. The Morgan fingerprint density at radius 3 is 1.33 bits per heavy atom. The number of aliphatic hydroxyl groups is 1. The fourth-order valence-electron chi connectivity index (χ4n) is 5.27. The second kappa shape index (κ2) is 36.6. The molecule has 0 aromatic rings. The summed E-state index contributed by atoms with van der Waals surface area (Å²) in [6.45, 7) is 4.09. The molecule has 0 saturated heterocycles. The average molecular weight is 633 g/mol. The van der Waals surface area contributed by atoms with Crippen molar-refractivity contribution in [1.29, 1.82) is 0 Å². The van der Waals surface area contributed by atoms with Gasteiger partial charge in [-0.2, -0.15) is 0 Å². The molecule has 0 bridgehead atoms. The molecular formula is C40H72O5. The van der Waals surface area contributed by atoms with Crippen molar-refractivity contribution < 1.29 is 24.2 Å². The molecule has 1 N–H and O–H groups in total. The molecule has 0 rings (SSSR count). The van der Waals surface area contributed by atoms with E-state index in [4.69, 9.17) is 9.47 Å². The van der Waals surface area contributed by atoms with Gasteiger partial charge in [0.1, 0.15) is 6.61 Å². The van der Waals surface area contributed by atoms with Crippen LogP contribution < -0.4 is 0 Å². The third-order valence-electron chi connectivity index (χ3n) is 8.19. The molecule has 1 atom stereocenters. The summed E-state index contributed by atoms with van der Waals surface area (Å²) in [6.07, 6.45) is 43.5. The summed E-state index contributed by atoms with van der Waals surface area (Å²) in [4.78, 5) is 24.1.